The largest absolute Gasteiger partial charge is 0.305 e. The predicted octanol–water partition coefficient (Wildman–Crippen LogP) is 0.296. The summed E-state index contributed by atoms with van der Waals surface area (Å²) in [6.07, 6.45) is 0.980. The number of carbonyl (C=O) groups excluding carboxylic acids is 3. The molecule has 0 aliphatic carbocycles. The number of nitrogens with one attached hydrogen (secondary N) is 1. The van der Waals surface area contributed by atoms with Gasteiger partial charge < -0.3 is 5.32 Å². The summed E-state index contributed by atoms with van der Waals surface area (Å²) in [4.78, 5) is 35.8. The Balaban J connectivity index is 2.71. The number of rotatable bonds is 4. The lowest BCUT2D eigenvalue weighted by atomic mass is 10.2. The van der Waals surface area contributed by atoms with Crippen molar-refractivity contribution in [3.63, 3.8) is 0 Å². The van der Waals surface area contributed by atoms with Crippen LogP contribution >= 0.6 is 0 Å². The third-order valence-corrected chi connectivity index (χ3v) is 2.50. The Morgan fingerprint density at radius 3 is 2.62 bits per heavy atom. The van der Waals surface area contributed by atoms with Gasteiger partial charge >= 0.3 is 0 Å². The zero-order valence-electron chi connectivity index (χ0n) is 9.95. The maximum atomic E-state index is 11.8. The van der Waals surface area contributed by atoms with E-state index in [1.807, 2.05) is 6.92 Å². The first kappa shape index (κ1) is 12.8. The molecule has 90 valence electrons. The fourth-order valence-corrected chi connectivity index (χ4v) is 1.60. The van der Waals surface area contributed by atoms with Gasteiger partial charge in [-0.2, -0.15) is 0 Å². The van der Waals surface area contributed by atoms with Gasteiger partial charge in [-0.05, 0) is 13.0 Å². The molecule has 0 aromatic carbocycles. The van der Waals surface area contributed by atoms with Crippen molar-refractivity contribution in [3.8, 4) is 0 Å². The summed E-state index contributed by atoms with van der Waals surface area (Å²) in [5.41, 5.74) is 0. The van der Waals surface area contributed by atoms with Gasteiger partial charge in [-0.25, -0.2) is 4.90 Å². The van der Waals surface area contributed by atoms with Crippen LogP contribution in [-0.4, -0.2) is 35.2 Å². The van der Waals surface area contributed by atoms with Gasteiger partial charge in [0.25, 0.3) is 5.91 Å². The summed E-state index contributed by atoms with van der Waals surface area (Å²) in [7, 11) is 0. The van der Waals surface area contributed by atoms with Crippen LogP contribution in [0.2, 0.25) is 0 Å². The molecule has 0 spiro atoms. The molecule has 5 heteroatoms. The third-order valence-electron chi connectivity index (χ3n) is 2.50. The molecule has 1 aliphatic rings. The van der Waals surface area contributed by atoms with E-state index in [4.69, 9.17) is 0 Å². The Morgan fingerprint density at radius 1 is 1.50 bits per heavy atom. The number of amides is 3. The average molecular weight is 226 g/mol. The molecule has 1 aliphatic heterocycles. The van der Waals surface area contributed by atoms with Gasteiger partial charge in [0.05, 0.1) is 12.5 Å². The molecular weight excluding hydrogens is 208 g/mol. The highest BCUT2D eigenvalue weighted by atomic mass is 16.2. The zero-order valence-corrected chi connectivity index (χ0v) is 9.95. The van der Waals surface area contributed by atoms with E-state index in [1.54, 1.807) is 13.8 Å². The Morgan fingerprint density at radius 2 is 2.12 bits per heavy atom. The first-order valence-electron chi connectivity index (χ1n) is 5.63. The van der Waals surface area contributed by atoms with E-state index in [0.29, 0.717) is 6.54 Å². The summed E-state index contributed by atoms with van der Waals surface area (Å²) in [6, 6.07) is -0.518. The van der Waals surface area contributed by atoms with E-state index in [2.05, 4.69) is 5.32 Å². The topological polar surface area (TPSA) is 66.5 Å². The lowest BCUT2D eigenvalue weighted by Crippen LogP contribution is -2.43. The van der Waals surface area contributed by atoms with Gasteiger partial charge in [0.2, 0.25) is 11.8 Å². The van der Waals surface area contributed by atoms with Gasteiger partial charge in [0, 0.05) is 5.92 Å². The van der Waals surface area contributed by atoms with Crippen LogP contribution in [0.15, 0.2) is 0 Å². The summed E-state index contributed by atoms with van der Waals surface area (Å²) in [5, 5.41) is 2.97. The van der Waals surface area contributed by atoms with Crippen LogP contribution in [0.1, 0.15) is 33.6 Å². The van der Waals surface area contributed by atoms with E-state index in [0.717, 1.165) is 11.3 Å². The van der Waals surface area contributed by atoms with Crippen LogP contribution in [0.25, 0.3) is 0 Å². The number of carbonyl (C=O) groups is 3. The maximum absolute atomic E-state index is 11.8. The minimum Gasteiger partial charge on any atom is -0.305 e. The molecule has 1 N–H and O–H groups in total. The molecule has 16 heavy (non-hydrogen) atoms. The number of imide groups is 3. The van der Waals surface area contributed by atoms with Crippen LogP contribution in [0, 0.1) is 5.92 Å². The smallest absolute Gasteiger partial charge is 0.253 e. The fourth-order valence-electron chi connectivity index (χ4n) is 1.60. The van der Waals surface area contributed by atoms with Gasteiger partial charge in [0.1, 0.15) is 0 Å². The number of likely N-dealkylation sites (tertiary alicyclic amines) is 1. The van der Waals surface area contributed by atoms with E-state index in [9.17, 15) is 14.4 Å². The highest BCUT2D eigenvalue weighted by Crippen LogP contribution is 2.16. The van der Waals surface area contributed by atoms with E-state index < -0.39 is 23.8 Å². The van der Waals surface area contributed by atoms with Crippen LogP contribution < -0.4 is 5.32 Å². The lowest BCUT2D eigenvalue weighted by Gasteiger charge is -2.15. The maximum Gasteiger partial charge on any atom is 0.253 e. The molecule has 1 saturated heterocycles. The first-order valence-corrected chi connectivity index (χ1v) is 5.63. The van der Waals surface area contributed by atoms with Gasteiger partial charge in [-0.15, -0.1) is 0 Å². The van der Waals surface area contributed by atoms with Gasteiger partial charge in [-0.3, -0.25) is 14.4 Å². The normalized spacial score (nSPS) is 21.0. The van der Waals surface area contributed by atoms with Crippen molar-refractivity contribution < 1.29 is 14.4 Å². The van der Waals surface area contributed by atoms with Crippen LogP contribution in [0.5, 0.6) is 0 Å². The molecule has 5 nitrogen and oxygen atoms in total. The number of nitrogens with zero attached hydrogens (tertiary/aromatic N) is 1. The molecule has 1 atom stereocenters. The quantitative estimate of drug-likeness (QED) is 0.700. The van der Waals surface area contributed by atoms with Crippen molar-refractivity contribution in [2.45, 2.75) is 39.7 Å². The molecule has 1 fully saturated rings. The Labute approximate surface area is 95.2 Å². The predicted molar refractivity (Wildman–Crippen MR) is 58.4 cm³/mol. The first-order chi connectivity index (χ1) is 7.49. The summed E-state index contributed by atoms with van der Waals surface area (Å²) >= 11 is 0. The SMILES string of the molecule is CCCNC1CC(=O)N(C(=O)C(C)C)C1=O. The van der Waals surface area contributed by atoms with E-state index in [1.165, 1.54) is 0 Å². The fraction of sp³-hybridized carbons (Fsp3) is 0.727. The van der Waals surface area contributed by atoms with Crippen molar-refractivity contribution >= 4 is 17.7 Å². The standard InChI is InChI=1S/C11H18N2O3/c1-4-5-12-8-6-9(14)13(11(8)16)10(15)7(2)3/h7-8,12H,4-6H2,1-3H3. The van der Waals surface area contributed by atoms with Crippen molar-refractivity contribution in [2.24, 2.45) is 5.92 Å². The second kappa shape index (κ2) is 5.21. The number of hydrogen-bond acceptors (Lipinski definition) is 4. The van der Waals surface area contributed by atoms with Crippen LogP contribution in [0.4, 0.5) is 0 Å². The molecule has 0 aromatic rings. The molecule has 0 bridgehead atoms. The van der Waals surface area contributed by atoms with Crippen molar-refractivity contribution in [1.29, 1.82) is 0 Å². The summed E-state index contributed by atoms with van der Waals surface area (Å²) < 4.78 is 0. The third kappa shape index (κ3) is 2.47. The van der Waals surface area contributed by atoms with E-state index in [-0.39, 0.29) is 12.3 Å². The van der Waals surface area contributed by atoms with Crippen molar-refractivity contribution in [1.82, 2.24) is 10.2 Å². The Bertz CT molecular complexity index is 312. The molecule has 3 amide bonds. The Kier molecular flexibility index (Phi) is 4.18. The van der Waals surface area contributed by atoms with Crippen LogP contribution in [-0.2, 0) is 14.4 Å². The highest BCUT2D eigenvalue weighted by molar-refractivity contribution is 6.17. The van der Waals surface area contributed by atoms with Gasteiger partial charge in [-0.1, -0.05) is 20.8 Å². The van der Waals surface area contributed by atoms with Crippen molar-refractivity contribution in [3.05, 3.63) is 0 Å². The molecule has 1 rings (SSSR count). The molecule has 1 heterocycles. The Hall–Kier alpha value is -1.23. The van der Waals surface area contributed by atoms with Gasteiger partial charge in [0.15, 0.2) is 0 Å². The summed E-state index contributed by atoms with van der Waals surface area (Å²) in [5.74, 6) is -1.54. The second-order valence-corrected chi connectivity index (χ2v) is 4.27. The van der Waals surface area contributed by atoms with Crippen LogP contribution in [0.3, 0.4) is 0 Å². The molecular formula is C11H18N2O3. The monoisotopic (exact) mass is 226 g/mol. The zero-order chi connectivity index (χ0) is 12.3. The molecule has 0 radical (unpaired) electrons. The molecule has 0 saturated carbocycles. The number of hydrogen-bond donors (Lipinski definition) is 1. The minimum absolute atomic E-state index is 0.0945. The lowest BCUT2D eigenvalue weighted by molar-refractivity contribution is -0.151. The second-order valence-electron chi connectivity index (χ2n) is 4.27. The van der Waals surface area contributed by atoms with Crippen molar-refractivity contribution in [2.75, 3.05) is 6.54 Å². The molecule has 0 aromatic heterocycles. The highest BCUT2D eigenvalue weighted by Gasteiger charge is 2.42. The van der Waals surface area contributed by atoms with E-state index >= 15 is 0 Å². The molecule has 1 unspecified atom stereocenters. The summed E-state index contributed by atoms with van der Waals surface area (Å²) in [6.45, 7) is 6.00. The minimum atomic E-state index is -0.518. The average Bonchev–Trinajstić information content (AvgIpc) is 2.50.